The number of piperazine rings is 1. The van der Waals surface area contributed by atoms with E-state index in [0.29, 0.717) is 22.2 Å². The molecule has 0 atom stereocenters. The second-order valence-corrected chi connectivity index (χ2v) is 8.14. The summed E-state index contributed by atoms with van der Waals surface area (Å²) in [5.74, 6) is 2.13. The van der Waals surface area contributed by atoms with E-state index < -0.39 is 0 Å². The minimum absolute atomic E-state index is 0.311. The predicted octanol–water partition coefficient (Wildman–Crippen LogP) is 3.24. The molecule has 1 saturated carbocycles. The number of hydrogen-bond donors (Lipinski definition) is 2. The molecule has 26 heavy (non-hydrogen) atoms. The van der Waals surface area contributed by atoms with Gasteiger partial charge in [0.2, 0.25) is 5.95 Å². The number of rotatable bonds is 6. The van der Waals surface area contributed by atoms with E-state index in [2.05, 4.69) is 25.1 Å². The Labute approximate surface area is 166 Å². The molecule has 1 aromatic heterocycles. The maximum absolute atomic E-state index is 6.36. The third-order valence-electron chi connectivity index (χ3n) is 5.55. The number of hydrogen-bond acceptors (Lipinski definition) is 6. The van der Waals surface area contributed by atoms with Crippen LogP contribution in [0.4, 0.5) is 11.8 Å². The first kappa shape index (κ1) is 19.9. The summed E-state index contributed by atoms with van der Waals surface area (Å²) >= 11 is 12.5. The Morgan fingerprint density at radius 2 is 1.77 bits per heavy atom. The molecule has 2 aliphatic rings. The van der Waals surface area contributed by atoms with Crippen LogP contribution in [0.25, 0.3) is 0 Å². The lowest BCUT2D eigenvalue weighted by Gasteiger charge is -2.37. The number of nitrogens with zero attached hydrogens (tertiary/aromatic N) is 4. The van der Waals surface area contributed by atoms with E-state index in [1.165, 1.54) is 38.6 Å². The van der Waals surface area contributed by atoms with Gasteiger partial charge in [-0.2, -0.15) is 9.97 Å². The zero-order valence-electron chi connectivity index (χ0n) is 15.6. The van der Waals surface area contributed by atoms with E-state index >= 15 is 0 Å². The van der Waals surface area contributed by atoms with Crippen LogP contribution in [0.5, 0.6) is 0 Å². The van der Waals surface area contributed by atoms with Crippen LogP contribution in [0.3, 0.4) is 0 Å². The highest BCUT2D eigenvalue weighted by Gasteiger charge is 2.24. The van der Waals surface area contributed by atoms with Crippen LogP contribution in [0.2, 0.25) is 10.2 Å². The van der Waals surface area contributed by atoms with Gasteiger partial charge in [0, 0.05) is 38.8 Å². The smallest absolute Gasteiger partial charge is 0.226 e. The molecule has 1 aliphatic heterocycles. The number of nitrogens with one attached hydrogen (secondary N) is 1. The Bertz CT molecular complexity index is 583. The topological polar surface area (TPSA) is 70.3 Å². The molecule has 146 valence electrons. The third-order valence-corrected chi connectivity index (χ3v) is 6.26. The Morgan fingerprint density at radius 3 is 2.42 bits per heavy atom. The first-order valence-electron chi connectivity index (χ1n) is 9.76. The van der Waals surface area contributed by atoms with Crippen molar-refractivity contribution in [2.24, 2.45) is 11.7 Å². The maximum Gasteiger partial charge on any atom is 0.226 e. The molecule has 0 spiro atoms. The molecule has 0 amide bonds. The molecule has 6 nitrogen and oxygen atoms in total. The maximum atomic E-state index is 6.36. The van der Waals surface area contributed by atoms with Gasteiger partial charge in [-0.05, 0) is 51.5 Å². The fraction of sp³-hybridized carbons (Fsp3) is 0.778. The Hall–Kier alpha value is -0.820. The first-order valence-corrected chi connectivity index (χ1v) is 10.5. The van der Waals surface area contributed by atoms with Crippen molar-refractivity contribution < 1.29 is 0 Å². The van der Waals surface area contributed by atoms with Crippen molar-refractivity contribution in [3.63, 3.8) is 0 Å². The van der Waals surface area contributed by atoms with Crippen molar-refractivity contribution >= 4 is 35.0 Å². The van der Waals surface area contributed by atoms with E-state index in [1.54, 1.807) is 0 Å². The summed E-state index contributed by atoms with van der Waals surface area (Å²) in [5, 5.41) is 3.87. The van der Waals surface area contributed by atoms with Crippen LogP contribution >= 0.6 is 23.2 Å². The minimum Gasteiger partial charge on any atom is -0.354 e. The van der Waals surface area contributed by atoms with Crippen LogP contribution < -0.4 is 16.0 Å². The SMILES string of the molecule is CCNc1nc(Cl)c(Cl)c(N2CCN(CC[C@H]3CC[C@H](N)CC3)CC2)n1. The zero-order valence-corrected chi connectivity index (χ0v) is 17.1. The molecule has 3 N–H and O–H groups in total. The van der Waals surface area contributed by atoms with Crippen LogP contribution in [-0.2, 0) is 0 Å². The average molecular weight is 401 g/mol. The quantitative estimate of drug-likeness (QED) is 0.714. The van der Waals surface area contributed by atoms with Gasteiger partial charge in [-0.3, -0.25) is 4.90 Å². The standard InChI is InChI=1S/C18H30Cl2N6/c1-2-22-18-23-16(20)15(19)17(24-18)26-11-9-25(10-12-26)8-7-13-3-5-14(21)6-4-13/h13-14H,2-12,21H2,1H3,(H,22,23,24)/t13-,14-. The highest BCUT2D eigenvalue weighted by Crippen LogP contribution is 2.32. The third kappa shape index (κ3) is 5.12. The monoisotopic (exact) mass is 400 g/mol. The van der Waals surface area contributed by atoms with E-state index in [9.17, 15) is 0 Å². The number of halogens is 2. The van der Waals surface area contributed by atoms with Gasteiger partial charge in [0.1, 0.15) is 5.02 Å². The molecule has 1 aliphatic carbocycles. The summed E-state index contributed by atoms with van der Waals surface area (Å²) in [4.78, 5) is 13.5. The molecule has 0 aromatic carbocycles. The van der Waals surface area contributed by atoms with Crippen molar-refractivity contribution in [3.05, 3.63) is 10.2 Å². The van der Waals surface area contributed by atoms with E-state index in [-0.39, 0.29) is 0 Å². The highest BCUT2D eigenvalue weighted by atomic mass is 35.5. The van der Waals surface area contributed by atoms with Gasteiger partial charge in [0.15, 0.2) is 11.0 Å². The molecule has 3 rings (SSSR count). The minimum atomic E-state index is 0.311. The van der Waals surface area contributed by atoms with Crippen molar-refractivity contribution in [2.75, 3.05) is 49.5 Å². The van der Waals surface area contributed by atoms with Crippen molar-refractivity contribution in [3.8, 4) is 0 Å². The molecule has 0 radical (unpaired) electrons. The normalized spacial score (nSPS) is 24.7. The van der Waals surface area contributed by atoms with Gasteiger partial charge in [-0.25, -0.2) is 0 Å². The average Bonchev–Trinajstić information content (AvgIpc) is 2.65. The molecular formula is C18H30Cl2N6. The van der Waals surface area contributed by atoms with E-state index in [0.717, 1.165) is 44.5 Å². The summed E-state index contributed by atoms with van der Waals surface area (Å²) in [6.45, 7) is 7.81. The second kappa shape index (κ2) is 9.40. The second-order valence-electron chi connectivity index (χ2n) is 7.40. The summed E-state index contributed by atoms with van der Waals surface area (Å²) in [6, 6.07) is 0.436. The summed E-state index contributed by atoms with van der Waals surface area (Å²) in [5.41, 5.74) is 6.01. The van der Waals surface area contributed by atoms with Gasteiger partial charge < -0.3 is 16.0 Å². The van der Waals surface area contributed by atoms with Crippen molar-refractivity contribution in [2.45, 2.75) is 45.1 Å². The number of nitrogens with two attached hydrogens (primary N) is 1. The highest BCUT2D eigenvalue weighted by molar-refractivity contribution is 6.42. The lowest BCUT2D eigenvalue weighted by molar-refractivity contribution is 0.216. The number of anilines is 2. The fourth-order valence-electron chi connectivity index (χ4n) is 3.88. The first-order chi connectivity index (χ1) is 12.6. The van der Waals surface area contributed by atoms with Crippen LogP contribution in [0, 0.1) is 5.92 Å². The summed E-state index contributed by atoms with van der Waals surface area (Å²) < 4.78 is 0. The van der Waals surface area contributed by atoms with E-state index in [4.69, 9.17) is 28.9 Å². The molecule has 8 heteroatoms. The molecule has 2 heterocycles. The molecule has 2 fully saturated rings. The van der Waals surface area contributed by atoms with E-state index in [1.807, 2.05) is 6.92 Å². The number of aromatic nitrogens is 2. The van der Waals surface area contributed by atoms with Gasteiger partial charge in [-0.1, -0.05) is 23.2 Å². The summed E-state index contributed by atoms with van der Waals surface area (Å²) in [7, 11) is 0. The predicted molar refractivity (Wildman–Crippen MR) is 109 cm³/mol. The lowest BCUT2D eigenvalue weighted by atomic mass is 9.84. The van der Waals surface area contributed by atoms with Gasteiger partial charge in [-0.15, -0.1) is 0 Å². The van der Waals surface area contributed by atoms with Crippen LogP contribution in [-0.4, -0.2) is 60.2 Å². The van der Waals surface area contributed by atoms with Gasteiger partial charge in [0.05, 0.1) is 0 Å². The largest absolute Gasteiger partial charge is 0.354 e. The fourth-order valence-corrected chi connectivity index (χ4v) is 4.25. The Morgan fingerprint density at radius 1 is 1.08 bits per heavy atom. The molecule has 0 bridgehead atoms. The molecule has 1 aromatic rings. The van der Waals surface area contributed by atoms with Crippen molar-refractivity contribution in [1.29, 1.82) is 0 Å². The molecule has 0 unspecified atom stereocenters. The molecule has 1 saturated heterocycles. The Balaban J connectivity index is 1.50. The zero-order chi connectivity index (χ0) is 18.5. The molecular weight excluding hydrogens is 371 g/mol. The van der Waals surface area contributed by atoms with Crippen LogP contribution in [0.1, 0.15) is 39.0 Å². The van der Waals surface area contributed by atoms with Gasteiger partial charge in [0.25, 0.3) is 0 Å². The van der Waals surface area contributed by atoms with Crippen LogP contribution in [0.15, 0.2) is 0 Å². The van der Waals surface area contributed by atoms with Gasteiger partial charge >= 0.3 is 0 Å². The lowest BCUT2D eigenvalue weighted by Crippen LogP contribution is -2.47. The summed E-state index contributed by atoms with van der Waals surface area (Å²) in [6.07, 6.45) is 6.27. The Kier molecular flexibility index (Phi) is 7.20. The van der Waals surface area contributed by atoms with Crippen molar-refractivity contribution in [1.82, 2.24) is 14.9 Å².